The Morgan fingerprint density at radius 2 is 1.86 bits per heavy atom. The van der Waals surface area contributed by atoms with E-state index in [0.717, 1.165) is 24.2 Å². The van der Waals surface area contributed by atoms with E-state index in [1.807, 2.05) is 13.0 Å². The molecule has 0 aromatic carbocycles. The van der Waals surface area contributed by atoms with E-state index in [1.54, 1.807) is 23.8 Å². The fourth-order valence-electron chi connectivity index (χ4n) is 3.26. The average molecular weight is 400 g/mol. The van der Waals surface area contributed by atoms with E-state index in [4.69, 9.17) is 0 Å². The highest BCUT2D eigenvalue weighted by molar-refractivity contribution is 7.89. The van der Waals surface area contributed by atoms with Crippen molar-refractivity contribution < 1.29 is 13.2 Å². The van der Waals surface area contributed by atoms with Crippen LogP contribution in [0.1, 0.15) is 34.7 Å². The Balaban J connectivity index is 1.57. The predicted octanol–water partition coefficient (Wildman–Crippen LogP) is 1.55. The number of pyridine rings is 1. The number of nitrogens with zero attached hydrogens (tertiary/aromatic N) is 6. The van der Waals surface area contributed by atoms with Crippen LogP contribution in [0.25, 0.3) is 5.82 Å². The number of carbonyl (C=O) groups is 1. The summed E-state index contributed by atoms with van der Waals surface area (Å²) in [5, 5.41) is 4.18. The van der Waals surface area contributed by atoms with Crippen LogP contribution in [0.3, 0.4) is 0 Å². The fraction of sp³-hybridized carbons (Fsp3) is 0.333. The third-order valence-electron chi connectivity index (χ3n) is 4.69. The van der Waals surface area contributed by atoms with E-state index < -0.39 is 10.0 Å². The summed E-state index contributed by atoms with van der Waals surface area (Å²) >= 11 is 0. The molecule has 1 saturated heterocycles. The second-order valence-corrected chi connectivity index (χ2v) is 8.71. The van der Waals surface area contributed by atoms with Crippen molar-refractivity contribution in [2.75, 3.05) is 13.1 Å². The zero-order valence-electron chi connectivity index (χ0n) is 15.6. The van der Waals surface area contributed by atoms with Gasteiger partial charge in [0.1, 0.15) is 22.7 Å². The highest BCUT2D eigenvalue weighted by atomic mass is 32.2. The molecular weight excluding hydrogens is 380 g/mol. The van der Waals surface area contributed by atoms with E-state index in [-0.39, 0.29) is 16.5 Å². The molecule has 10 heteroatoms. The molecule has 4 rings (SSSR count). The summed E-state index contributed by atoms with van der Waals surface area (Å²) in [5.74, 6) is 0.137. The van der Waals surface area contributed by atoms with Gasteiger partial charge in [0.05, 0.1) is 5.69 Å². The fourth-order valence-corrected chi connectivity index (χ4v) is 4.72. The Labute approximate surface area is 162 Å². The molecule has 1 fully saturated rings. The smallest absolute Gasteiger partial charge is 0.290 e. The highest BCUT2D eigenvalue weighted by Crippen LogP contribution is 2.21. The lowest BCUT2D eigenvalue weighted by molar-refractivity contribution is 0.0938. The molecule has 0 radical (unpaired) electrons. The molecule has 0 atom stereocenters. The van der Waals surface area contributed by atoms with Gasteiger partial charge >= 0.3 is 0 Å². The molecule has 3 aromatic heterocycles. The Kier molecular flexibility index (Phi) is 4.60. The minimum Gasteiger partial charge on any atom is -0.290 e. The van der Waals surface area contributed by atoms with Crippen LogP contribution in [0.15, 0.2) is 41.8 Å². The maximum Gasteiger partial charge on any atom is 0.298 e. The van der Waals surface area contributed by atoms with Crippen LogP contribution in [-0.4, -0.2) is 56.0 Å². The Bertz CT molecular complexity index is 1120. The monoisotopic (exact) mass is 400 g/mol. The van der Waals surface area contributed by atoms with Gasteiger partial charge in [0, 0.05) is 31.2 Å². The first-order valence-electron chi connectivity index (χ1n) is 8.95. The highest BCUT2D eigenvalue weighted by Gasteiger charge is 2.27. The SMILES string of the molecule is Cc1cc(C)n(C(=O)c2cn(-c3ccc(S(=O)(=O)N4CCCC4)cn3)cn2)n1. The molecule has 4 heterocycles. The number of imidazole rings is 1. The second-order valence-electron chi connectivity index (χ2n) is 6.77. The van der Waals surface area contributed by atoms with Crippen LogP contribution in [0.5, 0.6) is 0 Å². The maximum absolute atomic E-state index is 12.6. The quantitative estimate of drug-likeness (QED) is 0.658. The number of aromatic nitrogens is 5. The zero-order chi connectivity index (χ0) is 19.9. The van der Waals surface area contributed by atoms with Gasteiger partial charge in [0.25, 0.3) is 5.91 Å². The Morgan fingerprint density at radius 1 is 1.11 bits per heavy atom. The molecule has 0 aliphatic carbocycles. The average Bonchev–Trinajstić information content (AvgIpc) is 3.42. The minimum absolute atomic E-state index is 0.164. The Hall–Kier alpha value is -2.85. The topological polar surface area (TPSA) is 103 Å². The molecule has 3 aromatic rings. The summed E-state index contributed by atoms with van der Waals surface area (Å²) in [6, 6.07) is 4.94. The first-order valence-corrected chi connectivity index (χ1v) is 10.4. The lowest BCUT2D eigenvalue weighted by Gasteiger charge is -2.15. The van der Waals surface area contributed by atoms with Crippen molar-refractivity contribution in [1.82, 2.24) is 28.6 Å². The summed E-state index contributed by atoms with van der Waals surface area (Å²) in [7, 11) is -3.50. The summed E-state index contributed by atoms with van der Waals surface area (Å²) in [6.07, 6.45) is 6.12. The van der Waals surface area contributed by atoms with Gasteiger partial charge in [0.2, 0.25) is 10.0 Å². The molecule has 0 N–H and O–H groups in total. The van der Waals surface area contributed by atoms with Gasteiger partial charge in [-0.3, -0.25) is 9.36 Å². The maximum atomic E-state index is 12.6. The first-order chi connectivity index (χ1) is 13.4. The lowest BCUT2D eigenvalue weighted by atomic mass is 10.4. The summed E-state index contributed by atoms with van der Waals surface area (Å²) < 4.78 is 29.5. The van der Waals surface area contributed by atoms with Crippen molar-refractivity contribution in [2.45, 2.75) is 31.6 Å². The number of hydrogen-bond acceptors (Lipinski definition) is 6. The second kappa shape index (κ2) is 6.95. The molecule has 0 unspecified atom stereocenters. The lowest BCUT2D eigenvalue weighted by Crippen LogP contribution is -2.27. The standard InChI is InChI=1S/C18H20N6O3S/c1-13-9-14(2)24(21-13)18(25)16-11-22(12-20-16)17-6-5-15(10-19-17)28(26,27)23-7-3-4-8-23/h5-6,9-12H,3-4,7-8H2,1-2H3. The minimum atomic E-state index is -3.50. The van der Waals surface area contributed by atoms with Gasteiger partial charge < -0.3 is 0 Å². The molecule has 9 nitrogen and oxygen atoms in total. The van der Waals surface area contributed by atoms with Gasteiger partial charge in [-0.1, -0.05) is 0 Å². The van der Waals surface area contributed by atoms with Crippen molar-refractivity contribution in [3.8, 4) is 5.82 Å². The van der Waals surface area contributed by atoms with Crippen LogP contribution < -0.4 is 0 Å². The largest absolute Gasteiger partial charge is 0.298 e. The van der Waals surface area contributed by atoms with Crippen LogP contribution in [0, 0.1) is 13.8 Å². The van der Waals surface area contributed by atoms with Gasteiger partial charge in [-0.05, 0) is 44.9 Å². The van der Waals surface area contributed by atoms with Gasteiger partial charge in [-0.25, -0.2) is 18.4 Å². The molecule has 0 bridgehead atoms. The van der Waals surface area contributed by atoms with E-state index in [0.29, 0.717) is 18.9 Å². The van der Waals surface area contributed by atoms with Crippen molar-refractivity contribution in [3.63, 3.8) is 0 Å². The van der Waals surface area contributed by atoms with Gasteiger partial charge in [0.15, 0.2) is 0 Å². The molecule has 0 spiro atoms. The molecule has 146 valence electrons. The number of hydrogen-bond donors (Lipinski definition) is 0. The molecule has 0 saturated carbocycles. The van der Waals surface area contributed by atoms with Crippen molar-refractivity contribution in [1.29, 1.82) is 0 Å². The number of carbonyl (C=O) groups excluding carboxylic acids is 1. The number of sulfonamides is 1. The van der Waals surface area contributed by atoms with Crippen LogP contribution >= 0.6 is 0 Å². The zero-order valence-corrected chi connectivity index (χ0v) is 16.4. The normalized spacial score (nSPS) is 15.2. The van der Waals surface area contributed by atoms with Crippen molar-refractivity contribution >= 4 is 15.9 Å². The van der Waals surface area contributed by atoms with Crippen LogP contribution in [-0.2, 0) is 10.0 Å². The molecule has 0 amide bonds. The van der Waals surface area contributed by atoms with Crippen LogP contribution in [0.2, 0.25) is 0 Å². The third kappa shape index (κ3) is 3.25. The Morgan fingerprint density at radius 3 is 2.46 bits per heavy atom. The molecular formula is C18H20N6O3S. The number of aryl methyl sites for hydroxylation is 2. The summed E-state index contributed by atoms with van der Waals surface area (Å²) in [6.45, 7) is 4.71. The van der Waals surface area contributed by atoms with Crippen LogP contribution in [0.4, 0.5) is 0 Å². The van der Waals surface area contributed by atoms with Crippen molar-refractivity contribution in [2.24, 2.45) is 0 Å². The summed E-state index contributed by atoms with van der Waals surface area (Å²) in [5.41, 5.74) is 1.70. The van der Waals surface area contributed by atoms with Gasteiger partial charge in [-0.15, -0.1) is 0 Å². The number of rotatable bonds is 4. The van der Waals surface area contributed by atoms with Gasteiger partial charge in [-0.2, -0.15) is 14.1 Å². The molecule has 1 aliphatic rings. The molecule has 1 aliphatic heterocycles. The van der Waals surface area contributed by atoms with E-state index in [1.165, 1.54) is 27.6 Å². The first kappa shape index (κ1) is 18.5. The van der Waals surface area contributed by atoms with E-state index in [9.17, 15) is 13.2 Å². The van der Waals surface area contributed by atoms with Crippen molar-refractivity contribution in [3.05, 3.63) is 54.0 Å². The molecule has 28 heavy (non-hydrogen) atoms. The van der Waals surface area contributed by atoms with E-state index in [2.05, 4.69) is 15.1 Å². The summed E-state index contributed by atoms with van der Waals surface area (Å²) in [4.78, 5) is 21.1. The van der Waals surface area contributed by atoms with E-state index >= 15 is 0 Å². The third-order valence-corrected chi connectivity index (χ3v) is 6.57. The predicted molar refractivity (Wildman–Crippen MR) is 101 cm³/mol.